The van der Waals surface area contributed by atoms with Crippen LogP contribution in [0.3, 0.4) is 0 Å². The molecule has 0 aliphatic carbocycles. The number of sulfonamides is 1. The van der Waals surface area contributed by atoms with Gasteiger partial charge in [0, 0.05) is 19.6 Å². The summed E-state index contributed by atoms with van der Waals surface area (Å²) < 4.78 is 28.2. The van der Waals surface area contributed by atoms with Gasteiger partial charge in [-0.2, -0.15) is 4.31 Å². The average molecular weight is 429 g/mol. The Bertz CT molecular complexity index is 968. The van der Waals surface area contributed by atoms with E-state index in [0.717, 1.165) is 24.0 Å². The molecule has 160 valence electrons. The van der Waals surface area contributed by atoms with Crippen LogP contribution in [0.2, 0.25) is 0 Å². The zero-order valence-corrected chi connectivity index (χ0v) is 18.0. The highest BCUT2D eigenvalue weighted by Crippen LogP contribution is 2.25. The molecule has 2 atom stereocenters. The van der Waals surface area contributed by atoms with Gasteiger partial charge in [-0.05, 0) is 37.5 Å². The lowest BCUT2D eigenvalue weighted by molar-refractivity contribution is -0.140. The van der Waals surface area contributed by atoms with E-state index in [2.05, 4.69) is 6.58 Å². The summed E-state index contributed by atoms with van der Waals surface area (Å²) >= 11 is 0. The fraction of sp³-hybridized carbons (Fsp3) is 0.348. The van der Waals surface area contributed by atoms with Crippen LogP contribution in [-0.2, 0) is 21.4 Å². The predicted octanol–water partition coefficient (Wildman–Crippen LogP) is 2.72. The fourth-order valence-corrected chi connectivity index (χ4v) is 5.23. The maximum Gasteiger partial charge on any atom is 0.253 e. The number of likely N-dealkylation sites (tertiary alicyclic amines) is 1. The molecule has 2 aromatic carbocycles. The van der Waals surface area contributed by atoms with E-state index in [1.165, 1.54) is 22.5 Å². The number of aliphatic hydroxyl groups is 1. The summed E-state index contributed by atoms with van der Waals surface area (Å²) in [6, 6.07) is 14.5. The minimum Gasteiger partial charge on any atom is -0.381 e. The number of rotatable bonds is 8. The Labute approximate surface area is 178 Å². The van der Waals surface area contributed by atoms with E-state index in [1.54, 1.807) is 17.0 Å². The highest BCUT2D eigenvalue weighted by molar-refractivity contribution is 7.89. The number of carbonyl (C=O) groups excluding carboxylic acids is 1. The molecule has 2 aromatic rings. The van der Waals surface area contributed by atoms with Crippen LogP contribution < -0.4 is 0 Å². The number of hydrogen-bond donors (Lipinski definition) is 1. The van der Waals surface area contributed by atoms with E-state index in [0.29, 0.717) is 13.1 Å². The zero-order chi connectivity index (χ0) is 21.7. The van der Waals surface area contributed by atoms with Gasteiger partial charge in [0.05, 0.1) is 10.9 Å². The van der Waals surface area contributed by atoms with Gasteiger partial charge in [0.2, 0.25) is 10.0 Å². The van der Waals surface area contributed by atoms with Crippen LogP contribution in [0, 0.1) is 6.92 Å². The smallest absolute Gasteiger partial charge is 0.253 e. The van der Waals surface area contributed by atoms with Crippen molar-refractivity contribution in [3.63, 3.8) is 0 Å². The van der Waals surface area contributed by atoms with Crippen LogP contribution in [0.4, 0.5) is 0 Å². The Morgan fingerprint density at radius 1 is 1.13 bits per heavy atom. The number of amides is 1. The van der Waals surface area contributed by atoms with Crippen molar-refractivity contribution in [2.45, 2.75) is 43.4 Å². The molecule has 1 aliphatic rings. The van der Waals surface area contributed by atoms with Crippen molar-refractivity contribution < 1.29 is 18.3 Å². The SMILES string of the molecule is C=C[C@@H]([C@H](O)C(=O)N1CCCC1)N(Cc1ccccc1)S(=O)(=O)c1ccc(C)cc1. The molecular formula is C23H28N2O4S. The van der Waals surface area contributed by atoms with Crippen LogP contribution in [0.25, 0.3) is 0 Å². The molecule has 1 heterocycles. The second-order valence-corrected chi connectivity index (χ2v) is 9.44. The molecule has 1 N–H and O–H groups in total. The van der Waals surface area contributed by atoms with Gasteiger partial charge in [0.25, 0.3) is 5.91 Å². The molecule has 0 radical (unpaired) electrons. The van der Waals surface area contributed by atoms with Crippen LogP contribution >= 0.6 is 0 Å². The molecule has 1 saturated heterocycles. The molecule has 1 amide bonds. The van der Waals surface area contributed by atoms with Gasteiger partial charge in [-0.15, -0.1) is 6.58 Å². The normalized spacial score (nSPS) is 16.4. The summed E-state index contributed by atoms with van der Waals surface area (Å²) in [5.74, 6) is -0.463. The fourth-order valence-electron chi connectivity index (χ4n) is 3.63. The topological polar surface area (TPSA) is 77.9 Å². The molecular weight excluding hydrogens is 400 g/mol. The van der Waals surface area contributed by atoms with Crippen LogP contribution in [-0.4, -0.2) is 53.9 Å². The molecule has 1 fully saturated rings. The monoisotopic (exact) mass is 428 g/mol. The third kappa shape index (κ3) is 4.80. The van der Waals surface area contributed by atoms with Crippen molar-refractivity contribution >= 4 is 15.9 Å². The molecule has 6 nitrogen and oxygen atoms in total. The van der Waals surface area contributed by atoms with Gasteiger partial charge >= 0.3 is 0 Å². The van der Waals surface area contributed by atoms with Gasteiger partial charge in [-0.3, -0.25) is 4.79 Å². The third-order valence-corrected chi connectivity index (χ3v) is 7.23. The second-order valence-electron chi connectivity index (χ2n) is 7.55. The van der Waals surface area contributed by atoms with E-state index in [1.807, 2.05) is 37.3 Å². The van der Waals surface area contributed by atoms with Gasteiger partial charge in [0.15, 0.2) is 6.10 Å². The quantitative estimate of drug-likeness (QED) is 0.656. The molecule has 30 heavy (non-hydrogen) atoms. The van der Waals surface area contributed by atoms with Crippen molar-refractivity contribution in [2.75, 3.05) is 13.1 Å². The lowest BCUT2D eigenvalue weighted by Gasteiger charge is -2.33. The van der Waals surface area contributed by atoms with Crippen LogP contribution in [0.1, 0.15) is 24.0 Å². The van der Waals surface area contributed by atoms with Gasteiger partial charge in [-0.1, -0.05) is 54.1 Å². The summed E-state index contributed by atoms with van der Waals surface area (Å²) in [5, 5.41) is 10.9. The molecule has 1 aliphatic heterocycles. The second kappa shape index (κ2) is 9.55. The lowest BCUT2D eigenvalue weighted by atomic mass is 10.1. The first-order chi connectivity index (χ1) is 14.3. The first-order valence-corrected chi connectivity index (χ1v) is 11.5. The molecule has 0 unspecified atom stereocenters. The number of benzene rings is 2. The van der Waals surface area contributed by atoms with E-state index in [9.17, 15) is 18.3 Å². The molecule has 0 spiro atoms. The maximum absolute atomic E-state index is 13.5. The summed E-state index contributed by atoms with van der Waals surface area (Å²) in [6.45, 7) is 6.77. The number of carbonyl (C=O) groups is 1. The van der Waals surface area contributed by atoms with Crippen molar-refractivity contribution in [3.05, 3.63) is 78.4 Å². The number of aryl methyl sites for hydroxylation is 1. The van der Waals surface area contributed by atoms with Crippen molar-refractivity contribution in [1.82, 2.24) is 9.21 Å². The highest BCUT2D eigenvalue weighted by Gasteiger charge is 2.39. The minimum atomic E-state index is -4.00. The summed E-state index contributed by atoms with van der Waals surface area (Å²) in [4.78, 5) is 14.5. The zero-order valence-electron chi connectivity index (χ0n) is 17.1. The molecule has 7 heteroatoms. The van der Waals surface area contributed by atoms with Crippen LogP contribution in [0.5, 0.6) is 0 Å². The van der Waals surface area contributed by atoms with Crippen LogP contribution in [0.15, 0.2) is 72.1 Å². The standard InChI is InChI=1S/C23H28N2O4S/c1-3-21(22(26)23(27)24-15-7-8-16-24)25(17-19-9-5-4-6-10-19)30(28,29)20-13-11-18(2)12-14-20/h3-6,9-14,21-22,26H,1,7-8,15-17H2,2H3/t21-,22-/m0/s1. The van der Waals surface area contributed by atoms with E-state index >= 15 is 0 Å². The Morgan fingerprint density at radius 3 is 2.30 bits per heavy atom. The van der Waals surface area contributed by atoms with Crippen molar-refractivity contribution in [3.8, 4) is 0 Å². The summed E-state index contributed by atoms with van der Waals surface area (Å²) in [6.07, 6.45) is 1.58. The Hall–Kier alpha value is -2.48. The van der Waals surface area contributed by atoms with Gasteiger partial charge in [0.1, 0.15) is 0 Å². The van der Waals surface area contributed by atoms with E-state index in [-0.39, 0.29) is 11.4 Å². The summed E-state index contributed by atoms with van der Waals surface area (Å²) in [7, 11) is -4.00. The Balaban J connectivity index is 1.99. The van der Waals surface area contributed by atoms with E-state index in [4.69, 9.17) is 0 Å². The van der Waals surface area contributed by atoms with Crippen molar-refractivity contribution in [2.24, 2.45) is 0 Å². The molecule has 0 saturated carbocycles. The van der Waals surface area contributed by atoms with Crippen molar-refractivity contribution in [1.29, 1.82) is 0 Å². The third-order valence-electron chi connectivity index (χ3n) is 5.38. The molecule has 0 aromatic heterocycles. The first kappa shape index (κ1) is 22.2. The maximum atomic E-state index is 13.5. The minimum absolute atomic E-state index is 0.0120. The average Bonchev–Trinajstić information content (AvgIpc) is 3.29. The highest BCUT2D eigenvalue weighted by atomic mass is 32.2. The van der Waals surface area contributed by atoms with E-state index < -0.39 is 28.1 Å². The largest absolute Gasteiger partial charge is 0.381 e. The number of nitrogens with zero attached hydrogens (tertiary/aromatic N) is 2. The molecule has 3 rings (SSSR count). The van der Waals surface area contributed by atoms with Gasteiger partial charge in [-0.25, -0.2) is 8.42 Å². The Kier molecular flexibility index (Phi) is 7.07. The molecule has 0 bridgehead atoms. The predicted molar refractivity (Wildman–Crippen MR) is 116 cm³/mol. The number of aliphatic hydroxyl groups excluding tert-OH is 1. The summed E-state index contributed by atoms with van der Waals surface area (Å²) in [5.41, 5.74) is 1.69. The first-order valence-electron chi connectivity index (χ1n) is 10.1. The Morgan fingerprint density at radius 2 is 1.73 bits per heavy atom. The number of hydrogen-bond acceptors (Lipinski definition) is 4. The lowest BCUT2D eigenvalue weighted by Crippen LogP contribution is -2.51. The van der Waals surface area contributed by atoms with Gasteiger partial charge < -0.3 is 10.0 Å².